The highest BCUT2D eigenvalue weighted by Crippen LogP contribution is 2.47. The van der Waals surface area contributed by atoms with Crippen LogP contribution in [0.2, 0.25) is 0 Å². The third kappa shape index (κ3) is 2.13. The largest absolute Gasteiger partial charge is 0.481 e. The van der Waals surface area contributed by atoms with Gasteiger partial charge in [-0.2, -0.15) is 0 Å². The number of carbonyl (C=O) groups excluding carboxylic acids is 1. The van der Waals surface area contributed by atoms with E-state index >= 15 is 0 Å². The molecule has 0 heterocycles. The summed E-state index contributed by atoms with van der Waals surface area (Å²) in [7, 11) is 1.17. The molecule has 2 atom stereocenters. The number of carboxylic acid groups (broad SMARTS) is 1. The van der Waals surface area contributed by atoms with Gasteiger partial charge in [0.2, 0.25) is 0 Å². The maximum absolute atomic E-state index is 13.3. The summed E-state index contributed by atoms with van der Waals surface area (Å²) in [4.78, 5) is 22.0. The molecule has 90 valence electrons. The highest BCUT2D eigenvalue weighted by atomic mass is 19.1. The Morgan fingerprint density at radius 2 is 2.18 bits per heavy atom. The number of methoxy groups -OCH3 is 1. The molecule has 0 amide bonds. The molecule has 1 fully saturated rings. The predicted molar refractivity (Wildman–Crippen MR) is 56.2 cm³/mol. The van der Waals surface area contributed by atoms with E-state index in [2.05, 4.69) is 4.74 Å². The first-order valence-corrected chi connectivity index (χ1v) is 5.15. The number of carboxylic acids is 1. The van der Waals surface area contributed by atoms with E-state index in [0.717, 1.165) is 0 Å². The quantitative estimate of drug-likeness (QED) is 0.815. The number of halogens is 1. The summed E-state index contributed by atoms with van der Waals surface area (Å²) in [6.07, 6.45) is 0.529. The van der Waals surface area contributed by atoms with E-state index < -0.39 is 23.7 Å². The van der Waals surface area contributed by atoms with Crippen molar-refractivity contribution >= 4 is 11.9 Å². The van der Waals surface area contributed by atoms with E-state index in [0.29, 0.717) is 12.0 Å². The van der Waals surface area contributed by atoms with Crippen LogP contribution < -0.4 is 0 Å². The number of hydrogen-bond acceptors (Lipinski definition) is 3. The summed E-state index contributed by atoms with van der Waals surface area (Å²) in [5.74, 6) is -2.83. The molecular formula is C12H11FO4. The van der Waals surface area contributed by atoms with Crippen LogP contribution in [-0.2, 0) is 9.53 Å². The van der Waals surface area contributed by atoms with Gasteiger partial charge in [-0.05, 0) is 30.0 Å². The third-order valence-corrected chi connectivity index (χ3v) is 2.93. The zero-order valence-electron chi connectivity index (χ0n) is 9.14. The van der Waals surface area contributed by atoms with Crippen molar-refractivity contribution in [2.45, 2.75) is 12.3 Å². The Balaban J connectivity index is 2.27. The van der Waals surface area contributed by atoms with Crippen LogP contribution >= 0.6 is 0 Å². The lowest BCUT2D eigenvalue weighted by atomic mass is 10.1. The van der Waals surface area contributed by atoms with Crippen molar-refractivity contribution in [2.75, 3.05) is 7.11 Å². The number of aliphatic carboxylic acids is 1. The first-order chi connectivity index (χ1) is 8.04. The Morgan fingerprint density at radius 1 is 1.47 bits per heavy atom. The molecule has 0 aliphatic heterocycles. The first kappa shape index (κ1) is 11.6. The fourth-order valence-electron chi connectivity index (χ4n) is 1.88. The molecule has 5 heteroatoms. The summed E-state index contributed by atoms with van der Waals surface area (Å²) in [6.45, 7) is 0. The number of benzene rings is 1. The smallest absolute Gasteiger partial charge is 0.340 e. The Labute approximate surface area is 97.0 Å². The van der Waals surface area contributed by atoms with Crippen molar-refractivity contribution in [3.63, 3.8) is 0 Å². The normalized spacial score (nSPS) is 22.0. The second-order valence-corrected chi connectivity index (χ2v) is 4.02. The topological polar surface area (TPSA) is 63.6 Å². The van der Waals surface area contributed by atoms with Gasteiger partial charge in [-0.25, -0.2) is 9.18 Å². The molecule has 0 aromatic heterocycles. The molecule has 17 heavy (non-hydrogen) atoms. The standard InChI is InChI=1S/C12H11FO4/c1-17-12(16)9-4-6(2-3-10(9)13)7-5-8(7)11(14)15/h2-4,7-8H,5H2,1H3,(H,14,15)/t7-,8+/m0/s1. The minimum Gasteiger partial charge on any atom is -0.481 e. The molecule has 1 N–H and O–H groups in total. The summed E-state index contributed by atoms with van der Waals surface area (Å²) in [5.41, 5.74) is 0.514. The van der Waals surface area contributed by atoms with Gasteiger partial charge in [-0.3, -0.25) is 4.79 Å². The van der Waals surface area contributed by atoms with Crippen LogP contribution in [0, 0.1) is 11.7 Å². The van der Waals surface area contributed by atoms with Crippen LogP contribution in [0.15, 0.2) is 18.2 Å². The maximum atomic E-state index is 13.3. The van der Waals surface area contributed by atoms with Crippen molar-refractivity contribution in [2.24, 2.45) is 5.92 Å². The maximum Gasteiger partial charge on any atom is 0.340 e. The molecule has 0 bridgehead atoms. The molecule has 1 aliphatic rings. The highest BCUT2D eigenvalue weighted by Gasteiger charge is 2.44. The Kier molecular flexibility index (Phi) is 2.83. The summed E-state index contributed by atoms with van der Waals surface area (Å²) in [5, 5.41) is 8.80. The Hall–Kier alpha value is -1.91. The molecule has 4 nitrogen and oxygen atoms in total. The van der Waals surface area contributed by atoms with Gasteiger partial charge in [0.15, 0.2) is 0 Å². The second kappa shape index (κ2) is 4.16. The van der Waals surface area contributed by atoms with Crippen LogP contribution in [0.3, 0.4) is 0 Å². The van der Waals surface area contributed by atoms with Crippen molar-refractivity contribution < 1.29 is 23.8 Å². The van der Waals surface area contributed by atoms with Gasteiger partial charge in [0, 0.05) is 0 Å². The minimum atomic E-state index is -0.862. The van der Waals surface area contributed by atoms with E-state index in [-0.39, 0.29) is 11.5 Å². The van der Waals surface area contributed by atoms with E-state index in [1.165, 1.54) is 25.3 Å². The van der Waals surface area contributed by atoms with E-state index in [1.807, 2.05) is 0 Å². The van der Waals surface area contributed by atoms with Crippen molar-refractivity contribution in [1.29, 1.82) is 0 Å². The van der Waals surface area contributed by atoms with Crippen LogP contribution in [-0.4, -0.2) is 24.2 Å². The van der Waals surface area contributed by atoms with Crippen LogP contribution in [0.4, 0.5) is 4.39 Å². The molecule has 0 spiro atoms. The second-order valence-electron chi connectivity index (χ2n) is 4.02. The Bertz CT molecular complexity index is 483. The molecule has 0 saturated heterocycles. The van der Waals surface area contributed by atoms with Gasteiger partial charge in [0.05, 0.1) is 18.6 Å². The van der Waals surface area contributed by atoms with Crippen LogP contribution in [0.1, 0.15) is 28.3 Å². The number of rotatable bonds is 3. The van der Waals surface area contributed by atoms with Crippen LogP contribution in [0.5, 0.6) is 0 Å². The fraction of sp³-hybridized carbons (Fsp3) is 0.333. The van der Waals surface area contributed by atoms with Crippen molar-refractivity contribution in [3.8, 4) is 0 Å². The first-order valence-electron chi connectivity index (χ1n) is 5.15. The Morgan fingerprint density at radius 3 is 2.71 bits per heavy atom. The third-order valence-electron chi connectivity index (χ3n) is 2.93. The molecule has 1 aliphatic carbocycles. The van der Waals surface area contributed by atoms with Gasteiger partial charge in [-0.1, -0.05) is 6.07 Å². The number of ether oxygens (including phenoxy) is 1. The molecule has 0 radical (unpaired) electrons. The highest BCUT2D eigenvalue weighted by molar-refractivity contribution is 5.90. The lowest BCUT2D eigenvalue weighted by Gasteiger charge is -2.04. The average molecular weight is 238 g/mol. The van der Waals surface area contributed by atoms with E-state index in [1.54, 1.807) is 0 Å². The summed E-state index contributed by atoms with van der Waals surface area (Å²) < 4.78 is 17.8. The SMILES string of the molecule is COC(=O)c1cc([C@@H]2C[C@H]2C(=O)O)ccc1F. The van der Waals surface area contributed by atoms with Gasteiger partial charge < -0.3 is 9.84 Å². The minimum absolute atomic E-state index is 0.128. The predicted octanol–water partition coefficient (Wildman–Crippen LogP) is 1.80. The summed E-state index contributed by atoms with van der Waals surface area (Å²) in [6, 6.07) is 4.04. The van der Waals surface area contributed by atoms with E-state index in [4.69, 9.17) is 5.11 Å². The lowest BCUT2D eigenvalue weighted by Crippen LogP contribution is -2.06. The van der Waals surface area contributed by atoms with Gasteiger partial charge in [0.1, 0.15) is 5.82 Å². The molecule has 1 aromatic rings. The zero-order chi connectivity index (χ0) is 12.6. The van der Waals surface area contributed by atoms with Crippen LogP contribution in [0.25, 0.3) is 0 Å². The van der Waals surface area contributed by atoms with Gasteiger partial charge in [0.25, 0.3) is 0 Å². The number of carbonyl (C=O) groups is 2. The number of hydrogen-bond donors (Lipinski definition) is 1. The number of esters is 1. The molecule has 1 saturated carbocycles. The zero-order valence-corrected chi connectivity index (χ0v) is 9.14. The molecule has 0 unspecified atom stereocenters. The summed E-state index contributed by atoms with van der Waals surface area (Å²) >= 11 is 0. The average Bonchev–Trinajstić information content (AvgIpc) is 3.09. The molecule has 2 rings (SSSR count). The monoisotopic (exact) mass is 238 g/mol. The molecule has 1 aromatic carbocycles. The molecular weight excluding hydrogens is 227 g/mol. The van der Waals surface area contributed by atoms with E-state index in [9.17, 15) is 14.0 Å². The van der Waals surface area contributed by atoms with Crippen molar-refractivity contribution in [3.05, 3.63) is 35.1 Å². The van der Waals surface area contributed by atoms with Gasteiger partial charge >= 0.3 is 11.9 Å². The van der Waals surface area contributed by atoms with Gasteiger partial charge in [-0.15, -0.1) is 0 Å². The fourth-order valence-corrected chi connectivity index (χ4v) is 1.88. The lowest BCUT2D eigenvalue weighted by molar-refractivity contribution is -0.138. The van der Waals surface area contributed by atoms with Crippen molar-refractivity contribution in [1.82, 2.24) is 0 Å².